The predicted octanol–water partition coefficient (Wildman–Crippen LogP) is 1.41. The van der Waals surface area contributed by atoms with Gasteiger partial charge in [0.1, 0.15) is 0 Å². The lowest BCUT2D eigenvalue weighted by molar-refractivity contribution is -0.147. The summed E-state index contributed by atoms with van der Waals surface area (Å²) in [6, 6.07) is 0. The zero-order chi connectivity index (χ0) is 13.7. The molecule has 1 aliphatic heterocycles. The van der Waals surface area contributed by atoms with E-state index in [4.69, 9.17) is 9.26 Å². The van der Waals surface area contributed by atoms with Crippen LogP contribution in [0.4, 0.5) is 0 Å². The number of ether oxygens (including phenoxy) is 1. The minimum absolute atomic E-state index is 0.0437. The van der Waals surface area contributed by atoms with Crippen LogP contribution in [0.2, 0.25) is 0 Å². The molecule has 0 bridgehead atoms. The van der Waals surface area contributed by atoms with Gasteiger partial charge in [-0.05, 0) is 32.4 Å². The van der Waals surface area contributed by atoms with Crippen LogP contribution in [0.1, 0.15) is 37.9 Å². The van der Waals surface area contributed by atoms with Gasteiger partial charge in [-0.15, -0.1) is 0 Å². The topological polar surface area (TPSA) is 68.5 Å². The van der Waals surface area contributed by atoms with Crippen molar-refractivity contribution >= 4 is 5.97 Å². The number of rotatable bonds is 5. The van der Waals surface area contributed by atoms with E-state index in [1.807, 2.05) is 0 Å². The van der Waals surface area contributed by atoms with Crippen molar-refractivity contribution in [1.82, 2.24) is 15.0 Å². The van der Waals surface area contributed by atoms with Gasteiger partial charge in [0.15, 0.2) is 5.82 Å². The molecule has 0 amide bonds. The molecule has 6 heteroatoms. The van der Waals surface area contributed by atoms with E-state index in [0.29, 0.717) is 12.4 Å². The van der Waals surface area contributed by atoms with E-state index in [1.54, 1.807) is 0 Å². The van der Waals surface area contributed by atoms with Gasteiger partial charge in [0, 0.05) is 6.42 Å². The quantitative estimate of drug-likeness (QED) is 0.751. The molecule has 0 N–H and O–H groups in total. The second kappa shape index (κ2) is 6.65. The van der Waals surface area contributed by atoms with Crippen LogP contribution in [0, 0.1) is 5.92 Å². The largest absolute Gasteiger partial charge is 0.469 e. The monoisotopic (exact) mass is 267 g/mol. The summed E-state index contributed by atoms with van der Waals surface area (Å²) in [6.07, 6.45) is 3.52. The Morgan fingerprint density at radius 2 is 2.21 bits per heavy atom. The second-order valence-corrected chi connectivity index (χ2v) is 4.93. The van der Waals surface area contributed by atoms with E-state index in [9.17, 15) is 4.79 Å². The molecular weight excluding hydrogens is 246 g/mol. The van der Waals surface area contributed by atoms with Crippen molar-refractivity contribution < 1.29 is 14.1 Å². The highest BCUT2D eigenvalue weighted by molar-refractivity contribution is 5.72. The summed E-state index contributed by atoms with van der Waals surface area (Å²) >= 11 is 0. The number of hydrogen-bond acceptors (Lipinski definition) is 6. The third-order valence-electron chi connectivity index (χ3n) is 3.46. The molecule has 0 aliphatic carbocycles. The number of aromatic nitrogens is 2. The van der Waals surface area contributed by atoms with E-state index < -0.39 is 0 Å². The summed E-state index contributed by atoms with van der Waals surface area (Å²) < 4.78 is 9.94. The van der Waals surface area contributed by atoms with Gasteiger partial charge in [0.25, 0.3) is 0 Å². The molecule has 0 radical (unpaired) electrons. The average molecular weight is 267 g/mol. The van der Waals surface area contributed by atoms with E-state index in [0.717, 1.165) is 44.6 Å². The molecule has 0 aromatic carbocycles. The Bertz CT molecular complexity index is 411. The Morgan fingerprint density at radius 1 is 1.47 bits per heavy atom. The van der Waals surface area contributed by atoms with Crippen LogP contribution >= 0.6 is 0 Å². The molecule has 0 unspecified atom stereocenters. The summed E-state index contributed by atoms with van der Waals surface area (Å²) in [4.78, 5) is 18.0. The zero-order valence-corrected chi connectivity index (χ0v) is 11.6. The molecule has 2 rings (SSSR count). The van der Waals surface area contributed by atoms with Crippen LogP contribution in [-0.2, 0) is 22.5 Å². The maximum atomic E-state index is 11.4. The summed E-state index contributed by atoms with van der Waals surface area (Å²) in [7, 11) is 1.45. The molecule has 6 nitrogen and oxygen atoms in total. The van der Waals surface area contributed by atoms with Gasteiger partial charge < -0.3 is 9.26 Å². The van der Waals surface area contributed by atoms with Gasteiger partial charge in [-0.25, -0.2) is 0 Å². The molecule has 1 aromatic rings. The summed E-state index contributed by atoms with van der Waals surface area (Å²) in [6.45, 7) is 4.53. The third-order valence-corrected chi connectivity index (χ3v) is 3.46. The lowest BCUT2D eigenvalue weighted by Crippen LogP contribution is -2.36. The molecule has 2 heterocycles. The van der Waals surface area contributed by atoms with Gasteiger partial charge in [-0.3, -0.25) is 9.69 Å². The molecule has 19 heavy (non-hydrogen) atoms. The van der Waals surface area contributed by atoms with Crippen molar-refractivity contribution in [1.29, 1.82) is 0 Å². The van der Waals surface area contributed by atoms with Crippen LogP contribution in [0.25, 0.3) is 0 Å². The Morgan fingerprint density at radius 3 is 2.84 bits per heavy atom. The molecule has 106 valence electrons. The number of esters is 1. The Balaban J connectivity index is 1.80. The van der Waals surface area contributed by atoms with Crippen LogP contribution < -0.4 is 0 Å². The Kier molecular flexibility index (Phi) is 4.90. The minimum atomic E-state index is -0.0931. The molecule has 1 aromatic heterocycles. The van der Waals surface area contributed by atoms with Crippen molar-refractivity contribution in [2.24, 2.45) is 5.92 Å². The van der Waals surface area contributed by atoms with E-state index >= 15 is 0 Å². The number of carbonyl (C=O) groups excluding carboxylic acids is 1. The first-order valence-corrected chi connectivity index (χ1v) is 6.84. The molecule has 1 fully saturated rings. The fraction of sp³-hybridized carbons (Fsp3) is 0.769. The highest BCUT2D eigenvalue weighted by Gasteiger charge is 2.26. The molecule has 1 saturated heterocycles. The van der Waals surface area contributed by atoms with Crippen molar-refractivity contribution in [2.45, 2.75) is 39.2 Å². The van der Waals surface area contributed by atoms with Crippen molar-refractivity contribution in [3.8, 4) is 0 Å². The standard InChI is InChI=1S/C13H21N3O3/c1-3-4-12-14-11(15-19-12)9-16-7-5-10(6-8-16)13(17)18-2/h10H,3-9H2,1-2H3. The first-order valence-electron chi connectivity index (χ1n) is 6.84. The van der Waals surface area contributed by atoms with Crippen LogP contribution in [0.5, 0.6) is 0 Å². The number of likely N-dealkylation sites (tertiary alicyclic amines) is 1. The lowest BCUT2D eigenvalue weighted by atomic mass is 9.97. The van der Waals surface area contributed by atoms with Crippen molar-refractivity contribution in [2.75, 3.05) is 20.2 Å². The first-order chi connectivity index (χ1) is 9.22. The smallest absolute Gasteiger partial charge is 0.308 e. The van der Waals surface area contributed by atoms with E-state index in [-0.39, 0.29) is 11.9 Å². The van der Waals surface area contributed by atoms with Gasteiger partial charge in [0.2, 0.25) is 5.89 Å². The normalized spacial score (nSPS) is 17.6. The first kappa shape index (κ1) is 14.0. The predicted molar refractivity (Wildman–Crippen MR) is 68.3 cm³/mol. The summed E-state index contributed by atoms with van der Waals surface area (Å²) in [5, 5.41) is 3.98. The number of methoxy groups -OCH3 is 1. The van der Waals surface area contributed by atoms with Crippen LogP contribution in [0.15, 0.2) is 4.52 Å². The van der Waals surface area contributed by atoms with Gasteiger partial charge in [-0.1, -0.05) is 12.1 Å². The van der Waals surface area contributed by atoms with Crippen molar-refractivity contribution in [3.05, 3.63) is 11.7 Å². The highest BCUT2D eigenvalue weighted by atomic mass is 16.5. The minimum Gasteiger partial charge on any atom is -0.469 e. The van der Waals surface area contributed by atoms with Crippen molar-refractivity contribution in [3.63, 3.8) is 0 Å². The number of aryl methyl sites for hydroxylation is 1. The SMILES string of the molecule is CCCc1nc(CN2CCC(C(=O)OC)CC2)no1. The molecule has 0 spiro atoms. The number of piperidine rings is 1. The molecule has 1 aliphatic rings. The van der Waals surface area contributed by atoms with Gasteiger partial charge in [-0.2, -0.15) is 4.98 Å². The van der Waals surface area contributed by atoms with Crippen LogP contribution in [0.3, 0.4) is 0 Å². The molecule has 0 atom stereocenters. The number of hydrogen-bond donors (Lipinski definition) is 0. The van der Waals surface area contributed by atoms with Crippen LogP contribution in [-0.4, -0.2) is 41.2 Å². The van der Waals surface area contributed by atoms with E-state index in [1.165, 1.54) is 7.11 Å². The molecule has 0 saturated carbocycles. The maximum Gasteiger partial charge on any atom is 0.308 e. The molecular formula is C13H21N3O3. The second-order valence-electron chi connectivity index (χ2n) is 4.93. The van der Waals surface area contributed by atoms with E-state index in [2.05, 4.69) is 22.0 Å². The Labute approximate surface area is 113 Å². The fourth-order valence-corrected chi connectivity index (χ4v) is 2.36. The average Bonchev–Trinajstić information content (AvgIpc) is 2.86. The third kappa shape index (κ3) is 3.76. The summed E-state index contributed by atoms with van der Waals surface area (Å²) in [5.41, 5.74) is 0. The summed E-state index contributed by atoms with van der Waals surface area (Å²) in [5.74, 6) is 1.40. The lowest BCUT2D eigenvalue weighted by Gasteiger charge is -2.29. The number of nitrogens with zero attached hydrogens (tertiary/aromatic N) is 3. The fourth-order valence-electron chi connectivity index (χ4n) is 2.36. The Hall–Kier alpha value is -1.43. The maximum absolute atomic E-state index is 11.4. The van der Waals surface area contributed by atoms with Gasteiger partial charge >= 0.3 is 5.97 Å². The zero-order valence-electron chi connectivity index (χ0n) is 11.6. The van der Waals surface area contributed by atoms with Gasteiger partial charge in [0.05, 0.1) is 19.6 Å². The number of carbonyl (C=O) groups is 1. The highest BCUT2D eigenvalue weighted by Crippen LogP contribution is 2.19.